The summed E-state index contributed by atoms with van der Waals surface area (Å²) in [4.78, 5) is 44.9. The van der Waals surface area contributed by atoms with Gasteiger partial charge < -0.3 is 25.2 Å². The van der Waals surface area contributed by atoms with Crippen molar-refractivity contribution >= 4 is 25.7 Å². The molecule has 0 aromatic heterocycles. The van der Waals surface area contributed by atoms with E-state index in [1.807, 2.05) is 0 Å². The molecule has 3 unspecified atom stereocenters. The summed E-state index contributed by atoms with van der Waals surface area (Å²) >= 11 is 0. The standard InChI is InChI=1S/C26H48NO10P/c1-3-5-7-9-10-11-12-13-14-15-17-24(29)27-23(26(31)32)21-37-38(33,34)36-20-22(28)19-35-25(30)18-16-8-6-4-2/h7,9,22-23,28H,3-6,8,10-21H2,1-2H3,(H,27,29)(H,31,32)(H,33,34)/b9-7-. The van der Waals surface area contributed by atoms with Crippen LogP contribution in [0.5, 0.6) is 0 Å². The molecule has 0 aromatic rings. The van der Waals surface area contributed by atoms with Crippen LogP contribution in [0.2, 0.25) is 0 Å². The molecule has 3 atom stereocenters. The molecule has 0 aliphatic rings. The van der Waals surface area contributed by atoms with E-state index >= 15 is 0 Å². The first-order valence-electron chi connectivity index (χ1n) is 13.7. The number of ether oxygens (including phenoxy) is 1. The maximum Gasteiger partial charge on any atom is 0.472 e. The zero-order chi connectivity index (χ0) is 28.7. The Morgan fingerprint density at radius 3 is 2.11 bits per heavy atom. The van der Waals surface area contributed by atoms with Gasteiger partial charge in [0.2, 0.25) is 5.91 Å². The molecular weight excluding hydrogens is 517 g/mol. The first-order chi connectivity index (χ1) is 18.1. The van der Waals surface area contributed by atoms with E-state index in [9.17, 15) is 34.1 Å². The lowest BCUT2D eigenvalue weighted by Gasteiger charge is -2.18. The highest BCUT2D eigenvalue weighted by Crippen LogP contribution is 2.43. The van der Waals surface area contributed by atoms with Gasteiger partial charge in [-0.1, -0.05) is 70.9 Å². The highest BCUT2D eigenvalue weighted by Gasteiger charge is 2.28. The Morgan fingerprint density at radius 1 is 0.816 bits per heavy atom. The fourth-order valence-corrected chi connectivity index (χ4v) is 4.09. The van der Waals surface area contributed by atoms with Gasteiger partial charge in [0.15, 0.2) is 6.04 Å². The van der Waals surface area contributed by atoms with Crippen molar-refractivity contribution in [3.8, 4) is 0 Å². The van der Waals surface area contributed by atoms with E-state index in [-0.39, 0.29) is 12.8 Å². The number of nitrogens with one attached hydrogen (secondary N) is 1. The molecular formula is C26H48NO10P. The molecule has 0 heterocycles. The summed E-state index contributed by atoms with van der Waals surface area (Å²) in [5.74, 6) is -2.41. The molecule has 0 saturated heterocycles. The van der Waals surface area contributed by atoms with Crippen LogP contribution in [-0.2, 0) is 32.7 Å². The zero-order valence-electron chi connectivity index (χ0n) is 23.0. The van der Waals surface area contributed by atoms with Crippen molar-refractivity contribution in [2.45, 2.75) is 116 Å². The number of esters is 1. The van der Waals surface area contributed by atoms with Gasteiger partial charge >= 0.3 is 19.8 Å². The van der Waals surface area contributed by atoms with Gasteiger partial charge in [0.1, 0.15) is 12.7 Å². The summed E-state index contributed by atoms with van der Waals surface area (Å²) < 4.78 is 26.2. The molecule has 38 heavy (non-hydrogen) atoms. The third-order valence-corrected chi connectivity index (χ3v) is 6.49. The summed E-state index contributed by atoms with van der Waals surface area (Å²) in [6, 6.07) is -1.54. The number of amides is 1. The minimum Gasteiger partial charge on any atom is -0.480 e. The minimum absolute atomic E-state index is 0.136. The summed E-state index contributed by atoms with van der Waals surface area (Å²) in [5, 5.41) is 21.4. The van der Waals surface area contributed by atoms with Gasteiger partial charge in [-0.2, -0.15) is 0 Å². The maximum absolute atomic E-state index is 12.1. The van der Waals surface area contributed by atoms with Crippen molar-refractivity contribution in [1.82, 2.24) is 5.32 Å². The van der Waals surface area contributed by atoms with Crippen LogP contribution in [0.4, 0.5) is 0 Å². The van der Waals surface area contributed by atoms with Gasteiger partial charge in [-0.25, -0.2) is 9.36 Å². The molecule has 0 radical (unpaired) electrons. The first kappa shape index (κ1) is 36.2. The molecule has 0 aromatic carbocycles. The lowest BCUT2D eigenvalue weighted by molar-refractivity contribution is -0.147. The smallest absolute Gasteiger partial charge is 0.472 e. The highest BCUT2D eigenvalue weighted by molar-refractivity contribution is 7.47. The van der Waals surface area contributed by atoms with E-state index in [1.165, 1.54) is 0 Å². The predicted octanol–water partition coefficient (Wildman–Crippen LogP) is 4.65. The number of aliphatic hydroxyl groups excluding tert-OH is 1. The number of aliphatic hydroxyl groups is 1. The number of rotatable bonds is 25. The molecule has 222 valence electrons. The fourth-order valence-electron chi connectivity index (χ4n) is 3.31. The first-order valence-corrected chi connectivity index (χ1v) is 15.2. The van der Waals surface area contributed by atoms with Crippen molar-refractivity contribution in [2.24, 2.45) is 0 Å². The number of unbranched alkanes of at least 4 members (excludes halogenated alkanes) is 9. The van der Waals surface area contributed by atoms with Gasteiger partial charge in [0.05, 0.1) is 13.2 Å². The highest BCUT2D eigenvalue weighted by atomic mass is 31.2. The van der Waals surface area contributed by atoms with E-state index in [4.69, 9.17) is 4.74 Å². The van der Waals surface area contributed by atoms with Crippen LogP contribution in [0.3, 0.4) is 0 Å². The average Bonchev–Trinajstić information content (AvgIpc) is 2.87. The summed E-state index contributed by atoms with van der Waals surface area (Å²) in [6.45, 7) is 2.30. The van der Waals surface area contributed by atoms with Crippen LogP contribution >= 0.6 is 7.82 Å². The minimum atomic E-state index is -4.72. The second kappa shape index (κ2) is 23.1. The van der Waals surface area contributed by atoms with Crippen molar-refractivity contribution in [3.05, 3.63) is 12.2 Å². The van der Waals surface area contributed by atoms with Crippen LogP contribution in [-0.4, -0.2) is 64.9 Å². The van der Waals surface area contributed by atoms with E-state index in [2.05, 4.69) is 40.4 Å². The summed E-state index contributed by atoms with van der Waals surface area (Å²) in [7, 11) is -4.72. The van der Waals surface area contributed by atoms with E-state index in [0.717, 1.165) is 64.2 Å². The van der Waals surface area contributed by atoms with E-state index in [1.54, 1.807) is 0 Å². The number of phosphoric acid groups is 1. The number of carbonyl (C=O) groups is 3. The molecule has 12 heteroatoms. The second-order valence-electron chi connectivity index (χ2n) is 9.23. The molecule has 0 spiro atoms. The van der Waals surface area contributed by atoms with Crippen LogP contribution in [0, 0.1) is 0 Å². The fraction of sp³-hybridized carbons (Fsp3) is 0.808. The van der Waals surface area contributed by atoms with Crippen molar-refractivity contribution in [2.75, 3.05) is 19.8 Å². The Balaban J connectivity index is 4.15. The number of aliphatic carboxylic acids is 1. The summed E-state index contributed by atoms with van der Waals surface area (Å²) in [5.41, 5.74) is 0. The van der Waals surface area contributed by atoms with Gasteiger partial charge in [-0.3, -0.25) is 18.6 Å². The monoisotopic (exact) mass is 565 g/mol. The van der Waals surface area contributed by atoms with Crippen LogP contribution < -0.4 is 5.32 Å². The molecule has 0 saturated carbocycles. The molecule has 0 aliphatic carbocycles. The largest absolute Gasteiger partial charge is 0.480 e. The van der Waals surface area contributed by atoms with Crippen molar-refractivity contribution in [1.29, 1.82) is 0 Å². The number of hydrogen-bond acceptors (Lipinski definition) is 8. The summed E-state index contributed by atoms with van der Waals surface area (Å²) in [6.07, 6.45) is 14.9. The lowest BCUT2D eigenvalue weighted by atomic mass is 10.1. The SMILES string of the molecule is CCC/C=C\CCCCCCCC(=O)NC(COP(=O)(O)OCC(O)COC(=O)CCCCCC)C(=O)O. The van der Waals surface area contributed by atoms with Gasteiger partial charge in [0.25, 0.3) is 0 Å². The topological polar surface area (TPSA) is 169 Å². The average molecular weight is 566 g/mol. The van der Waals surface area contributed by atoms with Crippen LogP contribution in [0.15, 0.2) is 12.2 Å². The molecule has 0 bridgehead atoms. The molecule has 0 aliphatic heterocycles. The number of carbonyl (C=O) groups excluding carboxylic acids is 2. The normalized spacial score (nSPS) is 14.6. The third-order valence-electron chi connectivity index (χ3n) is 5.54. The predicted molar refractivity (Wildman–Crippen MR) is 143 cm³/mol. The van der Waals surface area contributed by atoms with Crippen molar-refractivity contribution < 1.29 is 47.8 Å². The van der Waals surface area contributed by atoms with Gasteiger partial charge in [-0.15, -0.1) is 0 Å². The maximum atomic E-state index is 12.1. The second-order valence-corrected chi connectivity index (χ2v) is 10.7. The van der Waals surface area contributed by atoms with E-state index < -0.39 is 57.6 Å². The Bertz CT molecular complexity index is 731. The third kappa shape index (κ3) is 22.2. The molecule has 11 nitrogen and oxygen atoms in total. The Labute approximate surface area is 226 Å². The zero-order valence-corrected chi connectivity index (χ0v) is 23.9. The van der Waals surface area contributed by atoms with Crippen LogP contribution in [0.25, 0.3) is 0 Å². The lowest BCUT2D eigenvalue weighted by Crippen LogP contribution is -2.43. The van der Waals surface area contributed by atoms with Crippen LogP contribution in [0.1, 0.15) is 104 Å². The molecule has 1 amide bonds. The Kier molecular flexibility index (Phi) is 22.1. The quantitative estimate of drug-likeness (QED) is 0.0529. The number of phosphoric ester groups is 1. The number of hydrogen-bond donors (Lipinski definition) is 4. The number of carboxylic acids is 1. The van der Waals surface area contributed by atoms with Gasteiger partial charge in [0, 0.05) is 12.8 Å². The molecule has 4 N–H and O–H groups in total. The molecule has 0 rings (SSSR count). The van der Waals surface area contributed by atoms with Crippen molar-refractivity contribution in [3.63, 3.8) is 0 Å². The number of allylic oxidation sites excluding steroid dienone is 2. The van der Waals surface area contributed by atoms with E-state index in [0.29, 0.717) is 12.8 Å². The van der Waals surface area contributed by atoms with Gasteiger partial charge in [-0.05, 0) is 32.1 Å². The number of carboxylic acid groups (broad SMARTS) is 1. The Hall–Kier alpha value is -1.78. The molecule has 0 fully saturated rings. The Morgan fingerprint density at radius 2 is 1.42 bits per heavy atom.